The van der Waals surface area contributed by atoms with Gasteiger partial charge in [0.05, 0.1) is 0 Å². The molecule has 0 aromatic rings. The second-order valence-corrected chi connectivity index (χ2v) is 5.38. The SMILES string of the molecule is C1CC2(CCO1)CCN(C1CC1)CC2. The fraction of sp³-hybridized carbons (Fsp3) is 1.00. The summed E-state index contributed by atoms with van der Waals surface area (Å²) in [4.78, 5) is 2.72. The Balaban J connectivity index is 1.57. The Labute approximate surface area is 86.6 Å². The summed E-state index contributed by atoms with van der Waals surface area (Å²) in [5.74, 6) is 0. The molecule has 0 aromatic heterocycles. The highest BCUT2D eigenvalue weighted by Crippen LogP contribution is 2.42. The monoisotopic (exact) mass is 195 g/mol. The summed E-state index contributed by atoms with van der Waals surface area (Å²) in [6, 6.07) is 0.979. The molecule has 3 fully saturated rings. The van der Waals surface area contributed by atoms with Gasteiger partial charge in [0.1, 0.15) is 0 Å². The number of nitrogens with zero attached hydrogens (tertiary/aromatic N) is 1. The van der Waals surface area contributed by atoms with E-state index in [1.807, 2.05) is 0 Å². The number of rotatable bonds is 1. The fourth-order valence-electron chi connectivity index (χ4n) is 3.11. The van der Waals surface area contributed by atoms with Crippen LogP contribution < -0.4 is 0 Å². The standard InChI is InChI=1S/C12H21NO/c1-2-11(1)13-7-3-12(4-8-13)5-9-14-10-6-12/h11H,1-10H2. The molecule has 1 saturated carbocycles. The van der Waals surface area contributed by atoms with Gasteiger partial charge in [0.2, 0.25) is 0 Å². The highest BCUT2D eigenvalue weighted by molar-refractivity contribution is 4.93. The number of hydrogen-bond acceptors (Lipinski definition) is 2. The third-order valence-corrected chi connectivity index (χ3v) is 4.48. The first kappa shape index (κ1) is 9.17. The third kappa shape index (κ3) is 1.70. The van der Waals surface area contributed by atoms with Gasteiger partial charge in [-0.25, -0.2) is 0 Å². The lowest BCUT2D eigenvalue weighted by Gasteiger charge is -2.44. The highest BCUT2D eigenvalue weighted by atomic mass is 16.5. The molecule has 1 spiro atoms. The van der Waals surface area contributed by atoms with E-state index in [-0.39, 0.29) is 0 Å². The van der Waals surface area contributed by atoms with Gasteiger partial charge in [0.25, 0.3) is 0 Å². The lowest BCUT2D eigenvalue weighted by Crippen LogP contribution is -2.43. The van der Waals surface area contributed by atoms with Crippen LogP contribution in [0.2, 0.25) is 0 Å². The molecule has 0 amide bonds. The van der Waals surface area contributed by atoms with Crippen LogP contribution in [-0.4, -0.2) is 37.2 Å². The number of ether oxygens (including phenoxy) is 1. The van der Waals surface area contributed by atoms with Crippen LogP contribution in [0.4, 0.5) is 0 Å². The van der Waals surface area contributed by atoms with E-state index in [1.165, 1.54) is 51.6 Å². The molecular weight excluding hydrogens is 174 g/mol. The molecule has 14 heavy (non-hydrogen) atoms. The van der Waals surface area contributed by atoms with Crippen molar-refractivity contribution in [2.24, 2.45) is 5.41 Å². The quantitative estimate of drug-likeness (QED) is 0.635. The van der Waals surface area contributed by atoms with Gasteiger partial charge in [0.15, 0.2) is 0 Å². The normalized spacial score (nSPS) is 33.4. The van der Waals surface area contributed by atoms with E-state index in [9.17, 15) is 0 Å². The Hall–Kier alpha value is -0.0800. The maximum atomic E-state index is 5.47. The summed E-state index contributed by atoms with van der Waals surface area (Å²) >= 11 is 0. The van der Waals surface area contributed by atoms with Crippen LogP contribution in [0.1, 0.15) is 38.5 Å². The van der Waals surface area contributed by atoms with E-state index < -0.39 is 0 Å². The molecule has 80 valence electrons. The minimum absolute atomic E-state index is 0.684. The van der Waals surface area contributed by atoms with Crippen molar-refractivity contribution in [3.05, 3.63) is 0 Å². The van der Waals surface area contributed by atoms with E-state index >= 15 is 0 Å². The van der Waals surface area contributed by atoms with E-state index in [1.54, 1.807) is 0 Å². The van der Waals surface area contributed by atoms with Gasteiger partial charge in [0, 0.05) is 19.3 Å². The predicted octanol–water partition coefficient (Wildman–Crippen LogP) is 2.04. The highest BCUT2D eigenvalue weighted by Gasteiger charge is 2.39. The summed E-state index contributed by atoms with van der Waals surface area (Å²) in [5.41, 5.74) is 0.684. The molecule has 2 aliphatic heterocycles. The van der Waals surface area contributed by atoms with E-state index in [0.717, 1.165) is 19.3 Å². The fourth-order valence-corrected chi connectivity index (χ4v) is 3.11. The molecule has 1 aliphatic carbocycles. The summed E-state index contributed by atoms with van der Waals surface area (Å²) in [5, 5.41) is 0. The van der Waals surface area contributed by atoms with Gasteiger partial charge in [-0.05, 0) is 57.0 Å². The van der Waals surface area contributed by atoms with Crippen molar-refractivity contribution in [3.8, 4) is 0 Å². The van der Waals surface area contributed by atoms with Crippen LogP contribution in [0.25, 0.3) is 0 Å². The Morgan fingerprint density at radius 3 is 2.14 bits per heavy atom. The minimum atomic E-state index is 0.684. The summed E-state index contributed by atoms with van der Waals surface area (Å²) in [7, 11) is 0. The van der Waals surface area contributed by atoms with Crippen molar-refractivity contribution in [1.29, 1.82) is 0 Å². The second-order valence-electron chi connectivity index (χ2n) is 5.38. The molecule has 2 heteroatoms. The van der Waals surface area contributed by atoms with Gasteiger partial charge in [-0.1, -0.05) is 0 Å². The van der Waals surface area contributed by atoms with Crippen LogP contribution in [-0.2, 0) is 4.74 Å². The minimum Gasteiger partial charge on any atom is -0.381 e. The lowest BCUT2D eigenvalue weighted by molar-refractivity contribution is -0.0217. The van der Waals surface area contributed by atoms with Gasteiger partial charge in [-0.2, -0.15) is 0 Å². The van der Waals surface area contributed by atoms with Gasteiger partial charge >= 0.3 is 0 Å². The Morgan fingerprint density at radius 2 is 1.57 bits per heavy atom. The van der Waals surface area contributed by atoms with Crippen molar-refractivity contribution in [3.63, 3.8) is 0 Å². The predicted molar refractivity (Wildman–Crippen MR) is 56.3 cm³/mol. The molecule has 2 nitrogen and oxygen atoms in total. The maximum absolute atomic E-state index is 5.47. The van der Waals surface area contributed by atoms with Crippen LogP contribution >= 0.6 is 0 Å². The third-order valence-electron chi connectivity index (χ3n) is 4.48. The molecule has 0 aromatic carbocycles. The van der Waals surface area contributed by atoms with Gasteiger partial charge in [-0.15, -0.1) is 0 Å². The van der Waals surface area contributed by atoms with E-state index in [4.69, 9.17) is 4.74 Å². The van der Waals surface area contributed by atoms with Gasteiger partial charge in [-0.3, -0.25) is 0 Å². The topological polar surface area (TPSA) is 12.5 Å². The number of likely N-dealkylation sites (tertiary alicyclic amines) is 1. The summed E-state index contributed by atoms with van der Waals surface area (Å²) in [6.07, 6.45) is 8.46. The van der Waals surface area contributed by atoms with Crippen LogP contribution in [0.15, 0.2) is 0 Å². The molecule has 0 radical (unpaired) electrons. The first-order chi connectivity index (χ1) is 6.88. The van der Waals surface area contributed by atoms with E-state index in [0.29, 0.717) is 5.41 Å². The van der Waals surface area contributed by atoms with Crippen molar-refractivity contribution in [1.82, 2.24) is 4.90 Å². The summed E-state index contributed by atoms with van der Waals surface area (Å²) in [6.45, 7) is 4.77. The molecule has 3 rings (SSSR count). The van der Waals surface area contributed by atoms with Crippen LogP contribution in [0.5, 0.6) is 0 Å². The average molecular weight is 195 g/mol. The molecular formula is C12H21NO. The first-order valence-electron chi connectivity index (χ1n) is 6.20. The van der Waals surface area contributed by atoms with Gasteiger partial charge < -0.3 is 9.64 Å². The van der Waals surface area contributed by atoms with Crippen molar-refractivity contribution < 1.29 is 4.74 Å². The Kier molecular flexibility index (Phi) is 2.29. The molecule has 2 saturated heterocycles. The zero-order valence-corrected chi connectivity index (χ0v) is 9.00. The maximum Gasteiger partial charge on any atom is 0.0471 e. The number of hydrogen-bond donors (Lipinski definition) is 0. The average Bonchev–Trinajstić information content (AvgIpc) is 3.04. The zero-order chi connectivity index (χ0) is 9.43. The van der Waals surface area contributed by atoms with Crippen LogP contribution in [0.3, 0.4) is 0 Å². The van der Waals surface area contributed by atoms with Crippen molar-refractivity contribution in [2.45, 2.75) is 44.6 Å². The molecule has 0 unspecified atom stereocenters. The lowest BCUT2D eigenvalue weighted by atomic mass is 9.72. The summed E-state index contributed by atoms with van der Waals surface area (Å²) < 4.78 is 5.47. The molecule has 3 aliphatic rings. The molecule has 2 heterocycles. The van der Waals surface area contributed by atoms with Crippen molar-refractivity contribution in [2.75, 3.05) is 26.3 Å². The Morgan fingerprint density at radius 1 is 0.929 bits per heavy atom. The molecule has 0 N–H and O–H groups in total. The first-order valence-corrected chi connectivity index (χ1v) is 6.20. The number of piperidine rings is 1. The van der Waals surface area contributed by atoms with Crippen molar-refractivity contribution >= 4 is 0 Å². The zero-order valence-electron chi connectivity index (χ0n) is 9.00. The molecule has 0 atom stereocenters. The largest absolute Gasteiger partial charge is 0.381 e. The Bertz CT molecular complexity index is 196. The van der Waals surface area contributed by atoms with E-state index in [2.05, 4.69) is 4.90 Å². The molecule has 0 bridgehead atoms. The smallest absolute Gasteiger partial charge is 0.0471 e. The second kappa shape index (κ2) is 3.49. The van der Waals surface area contributed by atoms with Crippen LogP contribution in [0, 0.1) is 5.41 Å².